The summed E-state index contributed by atoms with van der Waals surface area (Å²) in [6, 6.07) is 15.2. The Morgan fingerprint density at radius 2 is 1.73 bits per heavy atom. The number of nitrogens with one attached hydrogen (secondary N) is 1. The topological polar surface area (TPSA) is 85.6 Å². The molecule has 0 saturated heterocycles. The van der Waals surface area contributed by atoms with Gasteiger partial charge in [0.05, 0.1) is 17.2 Å². The van der Waals surface area contributed by atoms with Crippen LogP contribution in [0.4, 0.5) is 5.69 Å². The van der Waals surface area contributed by atoms with E-state index in [2.05, 4.69) is 20.7 Å². The van der Waals surface area contributed by atoms with Gasteiger partial charge < -0.3 is 9.15 Å². The summed E-state index contributed by atoms with van der Waals surface area (Å²) < 4.78 is 40.4. The Balaban J connectivity index is 1.93. The van der Waals surface area contributed by atoms with Crippen LogP contribution in [0.25, 0.3) is 21.7 Å². The lowest BCUT2D eigenvalue weighted by Gasteiger charge is -2.12. The van der Waals surface area contributed by atoms with Gasteiger partial charge in [0, 0.05) is 20.6 Å². The number of hydrogen-bond acceptors (Lipinski definition) is 5. The third-order valence-corrected chi connectivity index (χ3v) is 6.63. The number of anilines is 1. The molecule has 0 amide bonds. The van der Waals surface area contributed by atoms with Crippen molar-refractivity contribution in [2.24, 2.45) is 0 Å². The van der Waals surface area contributed by atoms with Crippen LogP contribution in [0.5, 0.6) is 0 Å². The average molecular weight is 488 g/mol. The molecule has 1 N–H and O–H groups in total. The van der Waals surface area contributed by atoms with Crippen molar-refractivity contribution >= 4 is 59.4 Å². The number of carbonyl (C=O) groups is 1. The summed E-state index contributed by atoms with van der Waals surface area (Å²) in [6.45, 7) is 3.64. The van der Waals surface area contributed by atoms with E-state index in [1.807, 2.05) is 18.2 Å². The molecule has 0 aliphatic carbocycles. The average Bonchev–Trinajstić information content (AvgIpc) is 3.04. The summed E-state index contributed by atoms with van der Waals surface area (Å²) in [6.07, 6.45) is 0. The molecule has 6 nitrogen and oxygen atoms in total. The number of aryl methyl sites for hydroxylation is 1. The summed E-state index contributed by atoms with van der Waals surface area (Å²) >= 11 is 3.31. The van der Waals surface area contributed by atoms with E-state index in [1.165, 1.54) is 12.1 Å². The fraction of sp³-hybridized carbons (Fsp3) is 0.136. The Bertz CT molecular complexity index is 1370. The largest absolute Gasteiger partial charge is 0.462 e. The van der Waals surface area contributed by atoms with Gasteiger partial charge in [-0.15, -0.1) is 0 Å². The Labute approximate surface area is 182 Å². The normalized spacial score (nSPS) is 11.7. The van der Waals surface area contributed by atoms with Gasteiger partial charge in [0.15, 0.2) is 0 Å². The minimum Gasteiger partial charge on any atom is -0.462 e. The third-order valence-electron chi connectivity index (χ3n) is 4.72. The number of benzene rings is 3. The van der Waals surface area contributed by atoms with Gasteiger partial charge in [0.2, 0.25) is 0 Å². The molecule has 0 spiro atoms. The third kappa shape index (κ3) is 3.57. The number of esters is 1. The van der Waals surface area contributed by atoms with Crippen molar-refractivity contribution in [3.05, 3.63) is 70.4 Å². The highest BCUT2D eigenvalue weighted by Gasteiger charge is 2.24. The Hall–Kier alpha value is -2.84. The van der Waals surface area contributed by atoms with E-state index in [0.717, 1.165) is 4.47 Å². The number of sulfonamides is 1. The molecule has 0 radical (unpaired) electrons. The molecule has 30 heavy (non-hydrogen) atoms. The zero-order valence-corrected chi connectivity index (χ0v) is 18.6. The predicted molar refractivity (Wildman–Crippen MR) is 119 cm³/mol. The van der Waals surface area contributed by atoms with Gasteiger partial charge in [0.1, 0.15) is 16.9 Å². The number of halogens is 1. The second-order valence-corrected chi connectivity index (χ2v) is 9.26. The van der Waals surface area contributed by atoms with Gasteiger partial charge >= 0.3 is 5.97 Å². The van der Waals surface area contributed by atoms with E-state index in [0.29, 0.717) is 38.8 Å². The van der Waals surface area contributed by atoms with Gasteiger partial charge in [0.25, 0.3) is 10.0 Å². The first-order chi connectivity index (χ1) is 14.3. The number of carbonyl (C=O) groups excluding carboxylic acids is 1. The molecule has 8 heteroatoms. The van der Waals surface area contributed by atoms with Crippen molar-refractivity contribution in [2.75, 3.05) is 11.3 Å². The zero-order chi connectivity index (χ0) is 21.5. The molecule has 0 saturated carbocycles. The molecule has 4 aromatic rings. The highest BCUT2D eigenvalue weighted by atomic mass is 79.9. The monoisotopic (exact) mass is 487 g/mol. The van der Waals surface area contributed by atoms with E-state index in [1.54, 1.807) is 38.1 Å². The molecule has 0 atom stereocenters. The number of fused-ring (bicyclic) bond motifs is 3. The van der Waals surface area contributed by atoms with Gasteiger partial charge in [-0.25, -0.2) is 13.2 Å². The number of ether oxygens (including phenoxy) is 1. The molecular weight excluding hydrogens is 470 g/mol. The number of rotatable bonds is 5. The van der Waals surface area contributed by atoms with Crippen molar-refractivity contribution in [3.8, 4) is 0 Å². The minimum absolute atomic E-state index is 0.129. The summed E-state index contributed by atoms with van der Waals surface area (Å²) in [7, 11) is -3.84. The molecule has 0 aliphatic rings. The second-order valence-electron chi connectivity index (χ2n) is 6.66. The van der Waals surface area contributed by atoms with Crippen molar-refractivity contribution in [3.63, 3.8) is 0 Å². The lowest BCUT2D eigenvalue weighted by atomic mass is 10.0. The van der Waals surface area contributed by atoms with E-state index in [-0.39, 0.29) is 11.5 Å². The first kappa shape index (κ1) is 20.4. The lowest BCUT2D eigenvalue weighted by Crippen LogP contribution is -2.13. The van der Waals surface area contributed by atoms with Crippen LogP contribution in [0, 0.1) is 6.92 Å². The van der Waals surface area contributed by atoms with Crippen LogP contribution in [0.3, 0.4) is 0 Å². The fourth-order valence-corrected chi connectivity index (χ4v) is 4.73. The maximum atomic E-state index is 13.0. The van der Waals surface area contributed by atoms with Crippen LogP contribution in [-0.4, -0.2) is 21.0 Å². The van der Waals surface area contributed by atoms with Crippen molar-refractivity contribution in [1.29, 1.82) is 0 Å². The quantitative estimate of drug-likeness (QED) is 0.368. The highest BCUT2D eigenvalue weighted by Crippen LogP contribution is 2.37. The van der Waals surface area contributed by atoms with Gasteiger partial charge in [-0.3, -0.25) is 4.72 Å². The van der Waals surface area contributed by atoms with E-state index < -0.39 is 16.0 Å². The molecule has 1 heterocycles. The molecule has 3 aromatic carbocycles. The van der Waals surface area contributed by atoms with Gasteiger partial charge in [-0.05, 0) is 44.2 Å². The van der Waals surface area contributed by atoms with Crippen molar-refractivity contribution < 1.29 is 22.4 Å². The van der Waals surface area contributed by atoms with Crippen LogP contribution in [0.15, 0.2) is 68.4 Å². The van der Waals surface area contributed by atoms with Crippen LogP contribution in [0.1, 0.15) is 23.0 Å². The molecule has 0 aliphatic heterocycles. The van der Waals surface area contributed by atoms with Crippen LogP contribution in [0.2, 0.25) is 0 Å². The summed E-state index contributed by atoms with van der Waals surface area (Å²) in [5.74, 6) is -0.0905. The molecule has 154 valence electrons. The maximum Gasteiger partial charge on any atom is 0.342 e. The minimum atomic E-state index is -3.84. The van der Waals surface area contributed by atoms with Gasteiger partial charge in [-0.1, -0.05) is 40.2 Å². The summed E-state index contributed by atoms with van der Waals surface area (Å²) in [5, 5.41) is 1.86. The van der Waals surface area contributed by atoms with E-state index in [9.17, 15) is 13.2 Å². The van der Waals surface area contributed by atoms with Crippen molar-refractivity contribution in [2.45, 2.75) is 18.7 Å². The Kier molecular flexibility index (Phi) is 5.29. The smallest absolute Gasteiger partial charge is 0.342 e. The lowest BCUT2D eigenvalue weighted by molar-refractivity contribution is 0.0526. The summed E-state index contributed by atoms with van der Waals surface area (Å²) in [4.78, 5) is 12.6. The molecular formula is C22H18BrNO5S. The van der Waals surface area contributed by atoms with E-state index in [4.69, 9.17) is 9.15 Å². The molecule has 0 fully saturated rings. The van der Waals surface area contributed by atoms with Crippen molar-refractivity contribution in [1.82, 2.24) is 0 Å². The first-order valence-electron chi connectivity index (χ1n) is 9.22. The van der Waals surface area contributed by atoms with E-state index >= 15 is 0 Å². The standard InChI is InChI=1S/C22H18BrNO5S/c1-3-28-22(25)20-13(2)29-21-17-7-5-4-6-16(17)19(12-18(20)21)24-30(26,27)15-10-8-14(23)9-11-15/h4-12,24H,3H2,1-2H3. The zero-order valence-electron chi connectivity index (χ0n) is 16.2. The van der Waals surface area contributed by atoms with Gasteiger partial charge in [-0.2, -0.15) is 0 Å². The molecule has 0 unspecified atom stereocenters. The Morgan fingerprint density at radius 3 is 2.40 bits per heavy atom. The maximum absolute atomic E-state index is 13.0. The molecule has 4 rings (SSSR count). The predicted octanol–water partition coefficient (Wildman–Crippen LogP) is 5.63. The number of hydrogen-bond donors (Lipinski definition) is 1. The van der Waals surface area contributed by atoms with Crippen LogP contribution < -0.4 is 4.72 Å². The van der Waals surface area contributed by atoms with Crippen LogP contribution in [-0.2, 0) is 14.8 Å². The SMILES string of the molecule is CCOC(=O)c1c(C)oc2c1cc(NS(=O)(=O)c1ccc(Br)cc1)c1ccccc12. The molecule has 0 bridgehead atoms. The summed E-state index contributed by atoms with van der Waals surface area (Å²) in [5.41, 5.74) is 1.16. The fourth-order valence-electron chi connectivity index (χ4n) is 3.40. The van der Waals surface area contributed by atoms with Crippen LogP contribution >= 0.6 is 15.9 Å². The first-order valence-corrected chi connectivity index (χ1v) is 11.5. The second kappa shape index (κ2) is 7.77. The highest BCUT2D eigenvalue weighted by molar-refractivity contribution is 9.10. The number of furan rings is 1. The Morgan fingerprint density at radius 1 is 1.07 bits per heavy atom. The molecule has 1 aromatic heterocycles.